The van der Waals surface area contributed by atoms with Crippen LogP contribution in [0.15, 0.2) is 30.3 Å². The molecule has 2 amide bonds. The van der Waals surface area contributed by atoms with Crippen LogP contribution in [0.25, 0.3) is 0 Å². The third-order valence-corrected chi connectivity index (χ3v) is 3.43. The monoisotopic (exact) mass is 290 g/mol. The van der Waals surface area contributed by atoms with Crippen molar-refractivity contribution in [3.63, 3.8) is 0 Å². The highest BCUT2D eigenvalue weighted by Crippen LogP contribution is 2.14. The van der Waals surface area contributed by atoms with Crippen molar-refractivity contribution in [2.75, 3.05) is 13.1 Å². The van der Waals surface area contributed by atoms with E-state index in [2.05, 4.69) is 0 Å². The zero-order chi connectivity index (χ0) is 16.0. The molecule has 21 heavy (non-hydrogen) atoms. The first-order valence-electron chi connectivity index (χ1n) is 7.35. The van der Waals surface area contributed by atoms with Gasteiger partial charge in [0, 0.05) is 25.6 Å². The Labute approximate surface area is 127 Å². The van der Waals surface area contributed by atoms with Crippen LogP contribution in [0.4, 0.5) is 0 Å². The lowest BCUT2D eigenvalue weighted by Crippen LogP contribution is -2.50. The summed E-state index contributed by atoms with van der Waals surface area (Å²) in [7, 11) is 0. The predicted molar refractivity (Wildman–Crippen MR) is 84.7 cm³/mol. The van der Waals surface area contributed by atoms with E-state index in [0.29, 0.717) is 13.1 Å². The van der Waals surface area contributed by atoms with E-state index in [-0.39, 0.29) is 23.9 Å². The van der Waals surface area contributed by atoms with Gasteiger partial charge in [-0.1, -0.05) is 30.3 Å². The first-order chi connectivity index (χ1) is 9.75. The van der Waals surface area contributed by atoms with E-state index in [1.807, 2.05) is 58.0 Å². The van der Waals surface area contributed by atoms with Crippen LogP contribution in [0.5, 0.6) is 0 Å². The fourth-order valence-electron chi connectivity index (χ4n) is 2.24. The van der Waals surface area contributed by atoms with E-state index < -0.39 is 0 Å². The van der Waals surface area contributed by atoms with Gasteiger partial charge in [0.15, 0.2) is 0 Å². The van der Waals surface area contributed by atoms with E-state index in [4.69, 9.17) is 0 Å². The van der Waals surface area contributed by atoms with Crippen molar-refractivity contribution in [2.24, 2.45) is 0 Å². The molecule has 4 nitrogen and oxygen atoms in total. The summed E-state index contributed by atoms with van der Waals surface area (Å²) >= 11 is 0. The Kier molecular flexibility index (Phi) is 5.94. The number of carbonyl (C=O) groups excluding carboxylic acids is 2. The van der Waals surface area contributed by atoms with Gasteiger partial charge in [-0.05, 0) is 33.3 Å². The van der Waals surface area contributed by atoms with Crippen molar-refractivity contribution in [2.45, 2.75) is 46.7 Å². The van der Waals surface area contributed by atoms with Crippen LogP contribution in [0, 0.1) is 0 Å². The molecule has 0 aliphatic rings. The van der Waals surface area contributed by atoms with Crippen molar-refractivity contribution < 1.29 is 9.59 Å². The second-order valence-electron chi connectivity index (χ2n) is 6.17. The quantitative estimate of drug-likeness (QED) is 0.836. The highest BCUT2D eigenvalue weighted by molar-refractivity contribution is 5.84. The average molecular weight is 290 g/mol. The molecular formula is C17H26N2O2. The first kappa shape index (κ1) is 17.2. The van der Waals surface area contributed by atoms with E-state index in [1.54, 1.807) is 9.80 Å². The van der Waals surface area contributed by atoms with Gasteiger partial charge in [0.25, 0.3) is 0 Å². The molecule has 116 valence electrons. The molecule has 0 unspecified atom stereocenters. The molecule has 1 rings (SSSR count). The molecule has 4 heteroatoms. The van der Waals surface area contributed by atoms with Gasteiger partial charge in [0.1, 0.15) is 6.54 Å². The summed E-state index contributed by atoms with van der Waals surface area (Å²) in [6.07, 6.45) is 0. The van der Waals surface area contributed by atoms with Gasteiger partial charge in [-0.2, -0.15) is 0 Å². The Bertz CT molecular complexity index is 477. The van der Waals surface area contributed by atoms with Crippen LogP contribution in [-0.4, -0.2) is 40.2 Å². The van der Waals surface area contributed by atoms with Crippen LogP contribution in [0.3, 0.4) is 0 Å². The van der Waals surface area contributed by atoms with Crippen LogP contribution in [0.2, 0.25) is 0 Å². The van der Waals surface area contributed by atoms with Gasteiger partial charge >= 0.3 is 0 Å². The lowest BCUT2D eigenvalue weighted by atomic mass is 10.1. The topological polar surface area (TPSA) is 40.6 Å². The second kappa shape index (κ2) is 7.25. The molecule has 0 heterocycles. The normalized spacial score (nSPS) is 11.1. The number of likely N-dealkylation sites (N-methyl/N-ethyl adjacent to an activating group) is 1. The fraction of sp³-hybridized carbons (Fsp3) is 0.529. The Morgan fingerprint density at radius 2 is 1.67 bits per heavy atom. The Morgan fingerprint density at radius 1 is 1.10 bits per heavy atom. The molecular weight excluding hydrogens is 264 g/mol. The van der Waals surface area contributed by atoms with Crippen molar-refractivity contribution >= 4 is 11.8 Å². The Balaban J connectivity index is 2.77. The summed E-state index contributed by atoms with van der Waals surface area (Å²) in [5, 5.41) is 0. The average Bonchev–Trinajstić information content (AvgIpc) is 2.41. The predicted octanol–water partition coefficient (Wildman–Crippen LogP) is 2.68. The maximum absolute atomic E-state index is 12.5. The van der Waals surface area contributed by atoms with Gasteiger partial charge in [0.05, 0.1) is 0 Å². The maximum Gasteiger partial charge on any atom is 0.242 e. The third kappa shape index (κ3) is 5.21. The standard InChI is InChI=1S/C17H26N2O2/c1-6-18(12-15-10-8-7-9-11-15)16(21)13-19(14(2)20)17(3,4)5/h7-11H,6,12-13H2,1-5H3. The number of carbonyl (C=O) groups is 2. The van der Waals surface area contributed by atoms with Gasteiger partial charge in [-0.15, -0.1) is 0 Å². The van der Waals surface area contributed by atoms with Crippen molar-refractivity contribution in [1.82, 2.24) is 9.80 Å². The Hall–Kier alpha value is -1.84. The van der Waals surface area contributed by atoms with Crippen LogP contribution in [0.1, 0.15) is 40.2 Å². The van der Waals surface area contributed by atoms with Crippen LogP contribution in [-0.2, 0) is 16.1 Å². The smallest absolute Gasteiger partial charge is 0.242 e. The third-order valence-electron chi connectivity index (χ3n) is 3.43. The van der Waals surface area contributed by atoms with Crippen LogP contribution >= 0.6 is 0 Å². The minimum atomic E-state index is -0.354. The molecule has 0 saturated carbocycles. The van der Waals surface area contributed by atoms with Crippen LogP contribution < -0.4 is 0 Å². The number of benzene rings is 1. The maximum atomic E-state index is 12.5. The van der Waals surface area contributed by atoms with E-state index >= 15 is 0 Å². The lowest BCUT2D eigenvalue weighted by Gasteiger charge is -2.36. The molecule has 1 aromatic rings. The van der Waals surface area contributed by atoms with E-state index in [0.717, 1.165) is 5.56 Å². The minimum Gasteiger partial charge on any atom is -0.337 e. The number of hydrogen-bond acceptors (Lipinski definition) is 2. The summed E-state index contributed by atoms with van der Waals surface area (Å²) < 4.78 is 0. The molecule has 1 aromatic carbocycles. The molecule has 0 atom stereocenters. The molecule has 0 aromatic heterocycles. The second-order valence-corrected chi connectivity index (χ2v) is 6.17. The summed E-state index contributed by atoms with van der Waals surface area (Å²) in [6.45, 7) is 10.6. The summed E-state index contributed by atoms with van der Waals surface area (Å²) in [4.78, 5) is 27.6. The Morgan fingerprint density at radius 3 is 2.10 bits per heavy atom. The zero-order valence-electron chi connectivity index (χ0n) is 13.7. The van der Waals surface area contributed by atoms with Gasteiger partial charge in [-0.25, -0.2) is 0 Å². The SMILES string of the molecule is CCN(Cc1ccccc1)C(=O)CN(C(C)=O)C(C)(C)C. The largest absolute Gasteiger partial charge is 0.337 e. The highest BCUT2D eigenvalue weighted by atomic mass is 16.2. The van der Waals surface area contributed by atoms with E-state index in [9.17, 15) is 9.59 Å². The zero-order valence-corrected chi connectivity index (χ0v) is 13.7. The fourth-order valence-corrected chi connectivity index (χ4v) is 2.24. The highest BCUT2D eigenvalue weighted by Gasteiger charge is 2.27. The number of hydrogen-bond donors (Lipinski definition) is 0. The molecule has 0 spiro atoms. The van der Waals surface area contributed by atoms with Crippen molar-refractivity contribution in [3.8, 4) is 0 Å². The lowest BCUT2D eigenvalue weighted by molar-refractivity contribution is -0.143. The summed E-state index contributed by atoms with van der Waals surface area (Å²) in [5.74, 6) is -0.0990. The molecule has 0 saturated heterocycles. The van der Waals surface area contributed by atoms with Crippen molar-refractivity contribution in [3.05, 3.63) is 35.9 Å². The van der Waals surface area contributed by atoms with Gasteiger partial charge < -0.3 is 9.80 Å². The molecule has 0 N–H and O–H groups in total. The number of amides is 2. The molecule has 0 aliphatic heterocycles. The number of rotatable bonds is 5. The molecule has 0 bridgehead atoms. The molecule has 0 fully saturated rings. The summed E-state index contributed by atoms with van der Waals surface area (Å²) in [5.41, 5.74) is 0.742. The minimum absolute atomic E-state index is 0.0218. The molecule has 0 aliphatic carbocycles. The van der Waals surface area contributed by atoms with Gasteiger partial charge in [0.2, 0.25) is 11.8 Å². The van der Waals surface area contributed by atoms with Crippen molar-refractivity contribution in [1.29, 1.82) is 0 Å². The van der Waals surface area contributed by atoms with Gasteiger partial charge in [-0.3, -0.25) is 9.59 Å². The van der Waals surface area contributed by atoms with E-state index in [1.165, 1.54) is 6.92 Å². The summed E-state index contributed by atoms with van der Waals surface area (Å²) in [6, 6.07) is 9.89. The number of nitrogens with zero attached hydrogens (tertiary/aromatic N) is 2. The first-order valence-corrected chi connectivity index (χ1v) is 7.35. The molecule has 0 radical (unpaired) electrons.